The van der Waals surface area contributed by atoms with E-state index in [4.69, 9.17) is 8.83 Å². The van der Waals surface area contributed by atoms with E-state index in [2.05, 4.69) is 0 Å². The van der Waals surface area contributed by atoms with Gasteiger partial charge in [0.15, 0.2) is 15.6 Å². The summed E-state index contributed by atoms with van der Waals surface area (Å²) in [6.45, 7) is 1.92. The number of hydrogen-bond acceptors (Lipinski definition) is 5. The number of para-hydroxylation sites is 1. The highest BCUT2D eigenvalue weighted by Gasteiger charge is 2.37. The van der Waals surface area contributed by atoms with Crippen LogP contribution in [0.3, 0.4) is 0 Å². The summed E-state index contributed by atoms with van der Waals surface area (Å²) >= 11 is 0. The lowest BCUT2D eigenvalue weighted by Gasteiger charge is -2.26. The Hall–Kier alpha value is -3.39. The molecule has 1 aliphatic heterocycles. The molecule has 1 amide bonds. The summed E-state index contributed by atoms with van der Waals surface area (Å²) < 4.78 is 49.4. The number of amides is 1. The zero-order valence-corrected chi connectivity index (χ0v) is 18.8. The topological polar surface area (TPSA) is 80.7 Å². The molecule has 0 aliphatic carbocycles. The monoisotopic (exact) mass is 467 g/mol. The van der Waals surface area contributed by atoms with Crippen molar-refractivity contribution >= 4 is 26.7 Å². The molecule has 6 nitrogen and oxygen atoms in total. The summed E-state index contributed by atoms with van der Waals surface area (Å²) in [5, 5.41) is 0.844. The van der Waals surface area contributed by atoms with E-state index in [0.29, 0.717) is 34.7 Å². The highest BCUT2D eigenvalue weighted by atomic mass is 32.2. The molecule has 8 heteroatoms. The average molecular weight is 468 g/mol. The van der Waals surface area contributed by atoms with Crippen molar-refractivity contribution in [1.29, 1.82) is 0 Å². The van der Waals surface area contributed by atoms with Crippen LogP contribution in [0.25, 0.3) is 22.3 Å². The molecule has 0 spiro atoms. The largest absolute Gasteiger partial charge is 0.459 e. The first kappa shape index (κ1) is 21.5. The number of furan rings is 2. The van der Waals surface area contributed by atoms with Gasteiger partial charge in [-0.1, -0.05) is 18.2 Å². The molecule has 1 atom stereocenters. The molecule has 4 aromatic rings. The molecular weight excluding hydrogens is 445 g/mol. The number of aryl methyl sites for hydroxylation is 1. The fourth-order valence-corrected chi connectivity index (χ4v) is 6.03. The standard InChI is InChI=1S/C25H22FNO5S/c1-16-21-4-2-3-5-23(21)32-24(16)25(28)27(19-12-13-33(29,30)15-19)14-20-10-11-22(31-20)17-6-8-18(26)9-7-17/h2-11,19H,12-15H2,1H3/t19-/m0/s1. The molecule has 1 fully saturated rings. The molecule has 0 bridgehead atoms. The van der Waals surface area contributed by atoms with Crippen molar-refractivity contribution in [3.63, 3.8) is 0 Å². The molecule has 3 heterocycles. The number of fused-ring (bicyclic) bond motifs is 1. The van der Waals surface area contributed by atoms with Crippen LogP contribution in [-0.2, 0) is 16.4 Å². The summed E-state index contributed by atoms with van der Waals surface area (Å²) in [4.78, 5) is 15.1. The Morgan fingerprint density at radius 3 is 2.52 bits per heavy atom. The van der Waals surface area contributed by atoms with Crippen molar-refractivity contribution in [3.8, 4) is 11.3 Å². The summed E-state index contributed by atoms with van der Waals surface area (Å²) in [5.41, 5.74) is 2.03. The van der Waals surface area contributed by atoms with Crippen molar-refractivity contribution in [3.05, 3.63) is 83.6 Å². The quantitative estimate of drug-likeness (QED) is 0.414. The van der Waals surface area contributed by atoms with Crippen LogP contribution in [0, 0.1) is 12.7 Å². The van der Waals surface area contributed by atoms with Gasteiger partial charge in [0, 0.05) is 22.6 Å². The summed E-state index contributed by atoms with van der Waals surface area (Å²) in [6.07, 6.45) is 0.360. The minimum Gasteiger partial charge on any atom is -0.459 e. The Bertz CT molecular complexity index is 1440. The van der Waals surface area contributed by atoms with E-state index in [-0.39, 0.29) is 35.5 Å². The van der Waals surface area contributed by atoms with Crippen molar-refractivity contribution in [2.45, 2.75) is 25.9 Å². The van der Waals surface area contributed by atoms with Gasteiger partial charge in [-0.2, -0.15) is 0 Å². The summed E-state index contributed by atoms with van der Waals surface area (Å²) in [7, 11) is -3.22. The van der Waals surface area contributed by atoms with Gasteiger partial charge in [0.25, 0.3) is 5.91 Å². The number of benzene rings is 2. The van der Waals surface area contributed by atoms with Gasteiger partial charge in [-0.15, -0.1) is 0 Å². The van der Waals surface area contributed by atoms with Crippen molar-refractivity contribution in [2.24, 2.45) is 0 Å². The maximum Gasteiger partial charge on any atom is 0.290 e. The van der Waals surface area contributed by atoms with E-state index >= 15 is 0 Å². The van der Waals surface area contributed by atoms with Gasteiger partial charge in [-0.25, -0.2) is 12.8 Å². The van der Waals surface area contributed by atoms with Gasteiger partial charge in [-0.05, 0) is 55.8 Å². The highest BCUT2D eigenvalue weighted by Crippen LogP contribution is 2.30. The molecule has 0 N–H and O–H groups in total. The lowest BCUT2D eigenvalue weighted by atomic mass is 10.1. The Kier molecular flexibility index (Phi) is 5.32. The minimum absolute atomic E-state index is 0.0412. The molecular formula is C25H22FNO5S. The van der Waals surface area contributed by atoms with E-state index in [1.165, 1.54) is 17.0 Å². The second kappa shape index (κ2) is 8.19. The van der Waals surface area contributed by atoms with Crippen LogP contribution >= 0.6 is 0 Å². The number of carbonyl (C=O) groups excluding carboxylic acids is 1. The van der Waals surface area contributed by atoms with Crippen LogP contribution in [0.5, 0.6) is 0 Å². The van der Waals surface area contributed by atoms with Crippen LogP contribution in [0.1, 0.15) is 28.3 Å². The third kappa shape index (κ3) is 4.18. The van der Waals surface area contributed by atoms with Gasteiger partial charge in [0.2, 0.25) is 0 Å². The number of carbonyl (C=O) groups is 1. The summed E-state index contributed by atoms with van der Waals surface area (Å²) in [6, 6.07) is 16.3. The van der Waals surface area contributed by atoms with E-state index in [9.17, 15) is 17.6 Å². The molecule has 0 unspecified atom stereocenters. The van der Waals surface area contributed by atoms with Crippen LogP contribution in [0.2, 0.25) is 0 Å². The normalized spacial score (nSPS) is 17.5. The maximum absolute atomic E-state index is 13.6. The van der Waals surface area contributed by atoms with Gasteiger partial charge in [-0.3, -0.25) is 4.79 Å². The van der Waals surface area contributed by atoms with Crippen molar-refractivity contribution in [2.75, 3.05) is 11.5 Å². The van der Waals surface area contributed by atoms with Gasteiger partial charge in [0.05, 0.1) is 18.1 Å². The Morgan fingerprint density at radius 2 is 1.82 bits per heavy atom. The zero-order valence-electron chi connectivity index (χ0n) is 18.0. The van der Waals surface area contributed by atoms with Gasteiger partial charge in [0.1, 0.15) is 22.9 Å². The van der Waals surface area contributed by atoms with Gasteiger partial charge < -0.3 is 13.7 Å². The first-order valence-electron chi connectivity index (χ1n) is 10.6. The molecule has 5 rings (SSSR count). The Morgan fingerprint density at radius 1 is 1.06 bits per heavy atom. The van der Waals surface area contributed by atoms with E-state index in [1.807, 2.05) is 25.1 Å². The smallest absolute Gasteiger partial charge is 0.290 e. The number of halogens is 1. The maximum atomic E-state index is 13.6. The summed E-state index contributed by atoms with van der Waals surface area (Å²) in [5.74, 6) is 0.475. The van der Waals surface area contributed by atoms with Crippen molar-refractivity contribution in [1.82, 2.24) is 4.90 Å². The van der Waals surface area contributed by atoms with Crippen LogP contribution in [0.15, 0.2) is 69.5 Å². The van der Waals surface area contributed by atoms with Crippen LogP contribution < -0.4 is 0 Å². The Labute approximate surface area is 190 Å². The number of sulfone groups is 1. The second-order valence-electron chi connectivity index (χ2n) is 8.32. The number of rotatable bonds is 5. The highest BCUT2D eigenvalue weighted by molar-refractivity contribution is 7.91. The van der Waals surface area contributed by atoms with Crippen molar-refractivity contribution < 1.29 is 26.4 Å². The minimum atomic E-state index is -3.22. The molecule has 1 saturated heterocycles. The van der Waals surface area contributed by atoms with Crippen LogP contribution in [-0.4, -0.2) is 36.8 Å². The predicted molar refractivity (Wildman–Crippen MR) is 122 cm³/mol. The molecule has 33 heavy (non-hydrogen) atoms. The Balaban J connectivity index is 1.48. The molecule has 0 saturated carbocycles. The lowest BCUT2D eigenvalue weighted by molar-refractivity contribution is 0.0635. The fourth-order valence-electron chi connectivity index (χ4n) is 4.30. The molecule has 170 valence electrons. The zero-order chi connectivity index (χ0) is 23.2. The van der Waals surface area contributed by atoms with E-state index in [1.54, 1.807) is 30.3 Å². The SMILES string of the molecule is Cc1c(C(=O)N(Cc2ccc(-c3ccc(F)cc3)o2)[C@H]2CCS(=O)(=O)C2)oc2ccccc12. The van der Waals surface area contributed by atoms with Crippen LogP contribution in [0.4, 0.5) is 4.39 Å². The molecule has 0 radical (unpaired) electrons. The fraction of sp³-hybridized carbons (Fsp3) is 0.240. The second-order valence-corrected chi connectivity index (χ2v) is 10.5. The molecule has 2 aromatic heterocycles. The van der Waals surface area contributed by atoms with Gasteiger partial charge >= 0.3 is 0 Å². The third-order valence-electron chi connectivity index (χ3n) is 6.06. The first-order valence-corrected chi connectivity index (χ1v) is 12.5. The molecule has 2 aromatic carbocycles. The number of hydrogen-bond donors (Lipinski definition) is 0. The average Bonchev–Trinajstić information content (AvgIpc) is 3.50. The lowest BCUT2D eigenvalue weighted by Crippen LogP contribution is -2.40. The molecule has 1 aliphatic rings. The van der Waals surface area contributed by atoms with E-state index < -0.39 is 15.9 Å². The predicted octanol–water partition coefficient (Wildman–Crippen LogP) is 4.97. The number of nitrogens with zero attached hydrogens (tertiary/aromatic N) is 1. The van der Waals surface area contributed by atoms with E-state index in [0.717, 1.165) is 5.39 Å². The first-order chi connectivity index (χ1) is 15.8. The third-order valence-corrected chi connectivity index (χ3v) is 7.81.